The predicted molar refractivity (Wildman–Crippen MR) is 132 cm³/mol. The van der Waals surface area contributed by atoms with Gasteiger partial charge >= 0.3 is 12.0 Å². The zero-order valence-corrected chi connectivity index (χ0v) is 19.9. The second kappa shape index (κ2) is 10.9. The molecule has 1 fully saturated rings. The minimum atomic E-state index is -0.911. The number of hydrogen-bond donors (Lipinski definition) is 2. The summed E-state index contributed by atoms with van der Waals surface area (Å²) in [5.41, 5.74) is 4.74. The van der Waals surface area contributed by atoms with Gasteiger partial charge in [-0.2, -0.15) is 0 Å². The van der Waals surface area contributed by atoms with E-state index in [1.165, 1.54) is 21.7 Å². The summed E-state index contributed by atoms with van der Waals surface area (Å²) in [6, 6.07) is 6.10. The molecular formula is C25H32N4O3S. The van der Waals surface area contributed by atoms with E-state index in [0.717, 1.165) is 51.1 Å². The highest BCUT2D eigenvalue weighted by Crippen LogP contribution is 2.33. The van der Waals surface area contributed by atoms with Crippen LogP contribution in [-0.2, 0) is 11.2 Å². The molecule has 1 aliphatic carbocycles. The molecule has 0 radical (unpaired) electrons. The number of benzene rings is 1. The van der Waals surface area contributed by atoms with Crippen LogP contribution in [0.3, 0.4) is 0 Å². The molecule has 0 saturated carbocycles. The highest BCUT2D eigenvalue weighted by molar-refractivity contribution is 7.97. The van der Waals surface area contributed by atoms with Crippen molar-refractivity contribution in [1.29, 1.82) is 0 Å². The lowest BCUT2D eigenvalue weighted by Gasteiger charge is -2.36. The third kappa shape index (κ3) is 6.21. The molecule has 2 heterocycles. The molecule has 7 nitrogen and oxygen atoms in total. The van der Waals surface area contributed by atoms with Crippen LogP contribution in [0.15, 0.2) is 58.7 Å². The number of aryl methyl sites for hydroxylation is 1. The number of carboxylic acid groups (broad SMARTS) is 1. The number of carboxylic acids is 1. The van der Waals surface area contributed by atoms with E-state index in [4.69, 9.17) is 5.11 Å². The fourth-order valence-electron chi connectivity index (χ4n) is 4.38. The molecule has 0 aromatic heterocycles. The summed E-state index contributed by atoms with van der Waals surface area (Å²) in [6.07, 6.45) is 11.8. The quantitative estimate of drug-likeness (QED) is 0.614. The summed E-state index contributed by atoms with van der Waals surface area (Å²) in [6.45, 7) is 6.96. The Morgan fingerprint density at radius 1 is 1.15 bits per heavy atom. The Balaban J connectivity index is 1.33. The van der Waals surface area contributed by atoms with Crippen LogP contribution in [0.25, 0.3) is 0 Å². The van der Waals surface area contributed by atoms with Crippen molar-refractivity contribution in [3.05, 3.63) is 59.3 Å². The summed E-state index contributed by atoms with van der Waals surface area (Å²) in [7, 11) is 0. The van der Waals surface area contributed by atoms with Crippen LogP contribution < -0.4 is 10.2 Å². The first-order valence-electron chi connectivity index (χ1n) is 11.6. The smallest absolute Gasteiger partial charge is 0.321 e. The molecule has 0 unspecified atom stereocenters. The van der Waals surface area contributed by atoms with E-state index >= 15 is 0 Å². The molecular weight excluding hydrogens is 436 g/mol. The number of fused-ring (bicyclic) bond motifs is 1. The largest absolute Gasteiger partial charge is 0.481 e. The lowest BCUT2D eigenvalue weighted by molar-refractivity contribution is -0.136. The van der Waals surface area contributed by atoms with Gasteiger partial charge in [-0.25, -0.2) is 9.10 Å². The molecule has 4 rings (SSSR count). The number of carbonyl (C=O) groups excluding carboxylic acids is 1. The van der Waals surface area contributed by atoms with Crippen molar-refractivity contribution in [2.75, 3.05) is 44.2 Å². The van der Waals surface area contributed by atoms with Crippen LogP contribution in [0.2, 0.25) is 0 Å². The third-order valence-corrected chi connectivity index (χ3v) is 7.20. The molecule has 2 N–H and O–H groups in total. The standard InChI is InChI=1S/C25H32N4O3S/c1-19-5-2-3-7-21(17-19)27-13-15-28(16-14-27)33-22-8-9-23-20(18-22)6-4-12-29(23)25(32)26-11-10-24(30)31/h3,5,7-9,17-18H,2,4,6,10-16H2,1H3,(H,26,32)(H,30,31). The topological polar surface area (TPSA) is 76.1 Å². The van der Waals surface area contributed by atoms with Crippen molar-refractivity contribution in [2.45, 2.75) is 37.5 Å². The first kappa shape index (κ1) is 23.4. The number of amides is 2. The molecule has 0 bridgehead atoms. The van der Waals surface area contributed by atoms with Crippen LogP contribution in [0.1, 0.15) is 31.7 Å². The fourth-order valence-corrected chi connectivity index (χ4v) is 5.35. The molecule has 1 aromatic carbocycles. The Labute approximate surface area is 199 Å². The molecule has 33 heavy (non-hydrogen) atoms. The molecule has 1 saturated heterocycles. The lowest BCUT2D eigenvalue weighted by Crippen LogP contribution is -2.43. The Bertz CT molecular complexity index is 980. The van der Waals surface area contributed by atoms with Crippen LogP contribution in [0, 0.1) is 0 Å². The molecule has 1 aromatic rings. The zero-order valence-electron chi connectivity index (χ0n) is 19.1. The number of nitrogens with zero attached hydrogens (tertiary/aromatic N) is 3. The summed E-state index contributed by atoms with van der Waals surface area (Å²) in [4.78, 5) is 28.6. The Hall–Kier alpha value is -2.71. The number of urea groups is 1. The van der Waals surface area contributed by atoms with E-state index in [1.807, 2.05) is 6.07 Å². The first-order valence-corrected chi connectivity index (χ1v) is 12.4. The van der Waals surface area contributed by atoms with Crippen molar-refractivity contribution >= 4 is 29.6 Å². The van der Waals surface area contributed by atoms with Crippen LogP contribution in [0.4, 0.5) is 10.5 Å². The number of allylic oxidation sites excluding steroid dienone is 5. The van der Waals surface area contributed by atoms with Gasteiger partial charge in [0.25, 0.3) is 0 Å². The summed E-state index contributed by atoms with van der Waals surface area (Å²) in [5, 5.41) is 11.5. The molecule has 0 spiro atoms. The predicted octanol–water partition coefficient (Wildman–Crippen LogP) is 4.04. The van der Waals surface area contributed by atoms with Gasteiger partial charge in [-0.15, -0.1) is 0 Å². The SMILES string of the molecule is CC1=CCC=CC(N2CCN(Sc3ccc4c(c3)CCCN4C(=O)NCCC(=O)O)CC2)=C1. The molecule has 176 valence electrons. The second-order valence-electron chi connectivity index (χ2n) is 8.58. The third-order valence-electron chi connectivity index (χ3n) is 6.11. The summed E-state index contributed by atoms with van der Waals surface area (Å²) in [5.74, 6) is -0.911. The fraction of sp³-hybridized carbons (Fsp3) is 0.440. The van der Waals surface area contributed by atoms with E-state index in [9.17, 15) is 9.59 Å². The van der Waals surface area contributed by atoms with Gasteiger partial charge < -0.3 is 15.3 Å². The van der Waals surface area contributed by atoms with Crippen molar-refractivity contribution in [3.8, 4) is 0 Å². The average molecular weight is 469 g/mol. The average Bonchev–Trinajstić information content (AvgIpc) is 3.03. The van der Waals surface area contributed by atoms with Crippen molar-refractivity contribution in [3.63, 3.8) is 0 Å². The summed E-state index contributed by atoms with van der Waals surface area (Å²) >= 11 is 1.79. The minimum Gasteiger partial charge on any atom is -0.481 e. The Morgan fingerprint density at radius 2 is 1.97 bits per heavy atom. The van der Waals surface area contributed by atoms with Crippen molar-refractivity contribution in [1.82, 2.24) is 14.5 Å². The Kier molecular flexibility index (Phi) is 7.77. The van der Waals surface area contributed by atoms with E-state index in [0.29, 0.717) is 6.54 Å². The van der Waals surface area contributed by atoms with E-state index < -0.39 is 5.97 Å². The molecule has 3 aliphatic rings. The van der Waals surface area contributed by atoms with Gasteiger partial charge in [0.15, 0.2) is 0 Å². The van der Waals surface area contributed by atoms with Crippen LogP contribution in [-0.4, -0.2) is 65.6 Å². The minimum absolute atomic E-state index is 0.0703. The highest BCUT2D eigenvalue weighted by atomic mass is 32.2. The molecule has 2 aliphatic heterocycles. The van der Waals surface area contributed by atoms with Crippen LogP contribution >= 0.6 is 11.9 Å². The Morgan fingerprint density at radius 3 is 2.76 bits per heavy atom. The van der Waals surface area contributed by atoms with Gasteiger partial charge in [0.05, 0.1) is 6.42 Å². The number of aliphatic carboxylic acids is 1. The van der Waals surface area contributed by atoms with Crippen LogP contribution in [0.5, 0.6) is 0 Å². The second-order valence-corrected chi connectivity index (χ2v) is 9.75. The van der Waals surface area contributed by atoms with Crippen molar-refractivity contribution in [2.24, 2.45) is 0 Å². The number of rotatable bonds is 6. The van der Waals surface area contributed by atoms with Gasteiger partial charge in [0.1, 0.15) is 0 Å². The van der Waals surface area contributed by atoms with E-state index in [1.54, 1.807) is 16.8 Å². The summed E-state index contributed by atoms with van der Waals surface area (Å²) < 4.78 is 2.42. The van der Waals surface area contributed by atoms with Gasteiger partial charge in [0, 0.05) is 55.5 Å². The number of piperazine rings is 1. The maximum absolute atomic E-state index is 12.5. The lowest BCUT2D eigenvalue weighted by atomic mass is 10.0. The maximum atomic E-state index is 12.5. The number of anilines is 1. The van der Waals surface area contributed by atoms with Gasteiger partial charge in [0.2, 0.25) is 0 Å². The molecule has 2 amide bonds. The number of nitrogens with one attached hydrogen (secondary N) is 1. The maximum Gasteiger partial charge on any atom is 0.321 e. The number of hydrogen-bond acceptors (Lipinski definition) is 5. The zero-order chi connectivity index (χ0) is 23.2. The normalized spacial score (nSPS) is 18.8. The number of carbonyl (C=O) groups is 2. The molecule has 8 heteroatoms. The van der Waals surface area contributed by atoms with Crippen molar-refractivity contribution < 1.29 is 14.7 Å². The van der Waals surface area contributed by atoms with Gasteiger partial charge in [-0.05, 0) is 74.0 Å². The van der Waals surface area contributed by atoms with E-state index in [2.05, 4.69) is 57.9 Å². The first-order chi connectivity index (χ1) is 16.0. The molecule has 0 atom stereocenters. The highest BCUT2D eigenvalue weighted by Gasteiger charge is 2.24. The van der Waals surface area contributed by atoms with Gasteiger partial charge in [-0.1, -0.05) is 17.7 Å². The monoisotopic (exact) mass is 468 g/mol. The van der Waals surface area contributed by atoms with E-state index in [-0.39, 0.29) is 19.0 Å². The van der Waals surface area contributed by atoms with Gasteiger partial charge in [-0.3, -0.25) is 9.69 Å².